The summed E-state index contributed by atoms with van der Waals surface area (Å²) in [4.78, 5) is 22.6. The van der Waals surface area contributed by atoms with Gasteiger partial charge in [0.15, 0.2) is 5.96 Å². The van der Waals surface area contributed by atoms with E-state index in [1.54, 1.807) is 19.3 Å². The highest BCUT2D eigenvalue weighted by molar-refractivity contribution is 5.90. The third-order valence-corrected chi connectivity index (χ3v) is 3.87. The minimum atomic E-state index is -0.0763. The van der Waals surface area contributed by atoms with Crippen molar-refractivity contribution in [1.29, 1.82) is 0 Å². The van der Waals surface area contributed by atoms with E-state index < -0.39 is 0 Å². The van der Waals surface area contributed by atoms with Crippen LogP contribution in [-0.4, -0.2) is 74.7 Å². The van der Waals surface area contributed by atoms with Gasteiger partial charge in [0.05, 0.1) is 13.2 Å². The van der Waals surface area contributed by atoms with E-state index in [0.717, 1.165) is 45.0 Å². The average molecular weight is 348 g/mol. The van der Waals surface area contributed by atoms with Crippen LogP contribution in [0, 0.1) is 6.92 Å². The number of amides is 1. The highest BCUT2D eigenvalue weighted by Gasteiger charge is 2.09. The number of aromatic nitrogens is 1. The number of nitrogens with one attached hydrogen (secondary N) is 3. The Morgan fingerprint density at radius 2 is 2.04 bits per heavy atom. The molecule has 0 aliphatic carbocycles. The van der Waals surface area contributed by atoms with E-state index in [4.69, 9.17) is 4.74 Å². The molecule has 0 bridgehead atoms. The van der Waals surface area contributed by atoms with E-state index in [1.807, 2.05) is 13.0 Å². The van der Waals surface area contributed by atoms with Crippen molar-refractivity contribution in [3.63, 3.8) is 0 Å². The second kappa shape index (κ2) is 10.6. The number of aliphatic imine (C=N–C) groups is 1. The molecule has 0 aromatic carbocycles. The Labute approximate surface area is 149 Å². The first-order valence-corrected chi connectivity index (χ1v) is 8.64. The molecule has 0 unspecified atom stereocenters. The van der Waals surface area contributed by atoms with Crippen LogP contribution in [0.3, 0.4) is 0 Å². The second-order valence-electron chi connectivity index (χ2n) is 5.90. The number of hydrogen-bond donors (Lipinski definition) is 3. The van der Waals surface area contributed by atoms with Crippen molar-refractivity contribution in [3.8, 4) is 0 Å². The van der Waals surface area contributed by atoms with Gasteiger partial charge < -0.3 is 20.7 Å². The van der Waals surface area contributed by atoms with Gasteiger partial charge in [-0.1, -0.05) is 6.07 Å². The summed E-state index contributed by atoms with van der Waals surface area (Å²) in [5.41, 5.74) is 1.06. The molecule has 2 heterocycles. The van der Waals surface area contributed by atoms with E-state index in [2.05, 4.69) is 30.8 Å². The molecule has 1 aromatic heterocycles. The molecule has 0 radical (unpaired) electrons. The molecule has 2 rings (SSSR count). The molecule has 1 saturated heterocycles. The van der Waals surface area contributed by atoms with Crippen LogP contribution in [0.1, 0.15) is 12.0 Å². The lowest BCUT2D eigenvalue weighted by molar-refractivity contribution is -0.116. The van der Waals surface area contributed by atoms with Crippen LogP contribution in [0.2, 0.25) is 0 Å². The number of carbonyl (C=O) groups is 1. The quantitative estimate of drug-likeness (QED) is 0.482. The molecule has 1 aliphatic heterocycles. The number of carbonyl (C=O) groups excluding carboxylic acids is 1. The van der Waals surface area contributed by atoms with Crippen molar-refractivity contribution in [1.82, 2.24) is 20.5 Å². The van der Waals surface area contributed by atoms with Crippen LogP contribution in [0.5, 0.6) is 0 Å². The standard InChI is InChI=1S/C17H28N6O2/c1-14-3-4-15(21-13-14)22-16(24)5-6-19-17(18-2)20-7-8-23-9-11-25-12-10-23/h3-4,13H,5-12H2,1-2H3,(H2,18,19,20)(H,21,22,24). The third kappa shape index (κ3) is 7.49. The van der Waals surface area contributed by atoms with Gasteiger partial charge in [-0.05, 0) is 18.6 Å². The number of pyridine rings is 1. The van der Waals surface area contributed by atoms with Gasteiger partial charge in [0.2, 0.25) is 5.91 Å². The lowest BCUT2D eigenvalue weighted by Gasteiger charge is -2.26. The minimum Gasteiger partial charge on any atom is -0.379 e. The number of nitrogens with zero attached hydrogens (tertiary/aromatic N) is 3. The zero-order valence-corrected chi connectivity index (χ0v) is 15.0. The lowest BCUT2D eigenvalue weighted by Crippen LogP contribution is -2.44. The van der Waals surface area contributed by atoms with Crippen LogP contribution in [0.25, 0.3) is 0 Å². The molecule has 1 amide bonds. The van der Waals surface area contributed by atoms with Crippen LogP contribution in [-0.2, 0) is 9.53 Å². The fraction of sp³-hybridized carbons (Fsp3) is 0.588. The molecule has 0 atom stereocenters. The number of anilines is 1. The third-order valence-electron chi connectivity index (χ3n) is 3.87. The summed E-state index contributed by atoms with van der Waals surface area (Å²) in [7, 11) is 1.72. The van der Waals surface area contributed by atoms with Gasteiger partial charge in [-0.15, -0.1) is 0 Å². The summed E-state index contributed by atoms with van der Waals surface area (Å²) in [6.45, 7) is 7.77. The number of guanidine groups is 1. The smallest absolute Gasteiger partial charge is 0.227 e. The van der Waals surface area contributed by atoms with Gasteiger partial charge in [-0.3, -0.25) is 14.7 Å². The molecule has 0 saturated carbocycles. The molecular weight excluding hydrogens is 320 g/mol. The Kier molecular flexibility index (Phi) is 8.14. The summed E-state index contributed by atoms with van der Waals surface area (Å²) in [5, 5.41) is 9.18. The van der Waals surface area contributed by atoms with Crippen LogP contribution in [0.4, 0.5) is 5.82 Å². The zero-order valence-electron chi connectivity index (χ0n) is 15.0. The Balaban J connectivity index is 1.59. The minimum absolute atomic E-state index is 0.0763. The first kappa shape index (κ1) is 19.1. The summed E-state index contributed by atoms with van der Waals surface area (Å²) < 4.78 is 5.33. The van der Waals surface area contributed by atoms with Gasteiger partial charge in [0.1, 0.15) is 5.82 Å². The molecular formula is C17H28N6O2. The van der Waals surface area contributed by atoms with E-state index in [1.165, 1.54) is 0 Å². The Hall–Kier alpha value is -2.19. The summed E-state index contributed by atoms with van der Waals surface area (Å²) in [6.07, 6.45) is 2.08. The fourth-order valence-electron chi connectivity index (χ4n) is 2.42. The predicted molar refractivity (Wildman–Crippen MR) is 98.8 cm³/mol. The lowest BCUT2D eigenvalue weighted by atomic mass is 10.3. The van der Waals surface area contributed by atoms with E-state index in [-0.39, 0.29) is 5.91 Å². The van der Waals surface area contributed by atoms with Crippen LogP contribution >= 0.6 is 0 Å². The topological polar surface area (TPSA) is 90.9 Å². The van der Waals surface area contributed by atoms with E-state index in [0.29, 0.717) is 24.7 Å². The Morgan fingerprint density at radius 1 is 1.28 bits per heavy atom. The maximum atomic E-state index is 11.9. The van der Waals surface area contributed by atoms with Gasteiger partial charge >= 0.3 is 0 Å². The number of ether oxygens (including phenoxy) is 1. The van der Waals surface area contributed by atoms with Crippen LogP contribution < -0.4 is 16.0 Å². The van der Waals surface area contributed by atoms with Crippen molar-refractivity contribution in [2.24, 2.45) is 4.99 Å². The SMILES string of the molecule is CN=C(NCCC(=O)Nc1ccc(C)cn1)NCCN1CCOCC1. The largest absolute Gasteiger partial charge is 0.379 e. The van der Waals surface area contributed by atoms with Gasteiger partial charge in [-0.25, -0.2) is 4.98 Å². The first-order chi connectivity index (χ1) is 12.2. The average Bonchev–Trinajstić information content (AvgIpc) is 2.63. The zero-order chi connectivity index (χ0) is 17.9. The van der Waals surface area contributed by atoms with Crippen LogP contribution in [0.15, 0.2) is 23.3 Å². The highest BCUT2D eigenvalue weighted by atomic mass is 16.5. The van der Waals surface area contributed by atoms with Crippen molar-refractivity contribution in [2.75, 3.05) is 58.3 Å². The number of rotatable bonds is 7. The van der Waals surface area contributed by atoms with Gasteiger partial charge in [0, 0.05) is 52.4 Å². The summed E-state index contributed by atoms with van der Waals surface area (Å²) in [6, 6.07) is 3.72. The highest BCUT2D eigenvalue weighted by Crippen LogP contribution is 2.03. The Bertz CT molecular complexity index is 555. The Morgan fingerprint density at radius 3 is 2.72 bits per heavy atom. The van der Waals surface area contributed by atoms with Crippen molar-refractivity contribution >= 4 is 17.7 Å². The number of hydrogen-bond acceptors (Lipinski definition) is 5. The number of aryl methyl sites for hydroxylation is 1. The summed E-state index contributed by atoms with van der Waals surface area (Å²) >= 11 is 0. The normalized spacial score (nSPS) is 15.7. The molecule has 25 heavy (non-hydrogen) atoms. The van der Waals surface area contributed by atoms with Gasteiger partial charge in [0.25, 0.3) is 0 Å². The predicted octanol–water partition coefficient (Wildman–Crippen LogP) is 0.216. The molecule has 1 aromatic rings. The van der Waals surface area contributed by atoms with Crippen molar-refractivity contribution in [3.05, 3.63) is 23.9 Å². The maximum Gasteiger partial charge on any atom is 0.227 e. The molecule has 1 fully saturated rings. The van der Waals surface area contributed by atoms with E-state index >= 15 is 0 Å². The molecule has 8 nitrogen and oxygen atoms in total. The van der Waals surface area contributed by atoms with Gasteiger partial charge in [-0.2, -0.15) is 0 Å². The molecule has 0 spiro atoms. The van der Waals surface area contributed by atoms with Crippen molar-refractivity contribution < 1.29 is 9.53 Å². The second-order valence-corrected chi connectivity index (χ2v) is 5.90. The monoisotopic (exact) mass is 348 g/mol. The molecule has 1 aliphatic rings. The fourth-order valence-corrected chi connectivity index (χ4v) is 2.42. The molecule has 138 valence electrons. The number of morpholine rings is 1. The first-order valence-electron chi connectivity index (χ1n) is 8.64. The molecule has 3 N–H and O–H groups in total. The van der Waals surface area contributed by atoms with Crippen molar-refractivity contribution in [2.45, 2.75) is 13.3 Å². The summed E-state index contributed by atoms with van der Waals surface area (Å²) in [5.74, 6) is 1.20. The van der Waals surface area contributed by atoms with E-state index in [9.17, 15) is 4.79 Å². The maximum absolute atomic E-state index is 11.9. The molecule has 8 heteroatoms.